The quantitative estimate of drug-likeness (QED) is 0.185. The van der Waals surface area contributed by atoms with Crippen LogP contribution in [0, 0.1) is 36.7 Å². The number of ether oxygens (including phenoxy) is 1. The molecule has 0 aliphatic heterocycles. The van der Waals surface area contributed by atoms with E-state index in [-0.39, 0.29) is 0 Å². The highest BCUT2D eigenvalue weighted by Gasteiger charge is 2.11. The summed E-state index contributed by atoms with van der Waals surface area (Å²) in [5.74, 6) is 0.782. The molecule has 0 radical (unpaired) electrons. The van der Waals surface area contributed by atoms with Gasteiger partial charge in [-0.15, -0.1) is 0 Å². The fourth-order valence-electron chi connectivity index (χ4n) is 2.79. The van der Waals surface area contributed by atoms with E-state index in [0.717, 1.165) is 35.1 Å². The average molecular weight is 602 g/mol. The van der Waals surface area contributed by atoms with E-state index in [1.807, 2.05) is 67.6 Å². The maximum atomic E-state index is 9.59. The summed E-state index contributed by atoms with van der Waals surface area (Å²) in [4.78, 5) is 0. The molecule has 3 rings (SSSR count). The normalized spacial score (nSPS) is 10.9. The van der Waals surface area contributed by atoms with Crippen LogP contribution in [-0.2, 0) is 6.61 Å². The summed E-state index contributed by atoms with van der Waals surface area (Å²) >= 11 is 4.49. The van der Waals surface area contributed by atoms with Gasteiger partial charge in [-0.2, -0.15) is 10.5 Å². The van der Waals surface area contributed by atoms with Gasteiger partial charge in [0.1, 0.15) is 12.4 Å². The zero-order valence-corrected chi connectivity index (χ0v) is 19.9. The maximum absolute atomic E-state index is 9.59. The Morgan fingerprint density at radius 3 is 2.28 bits per heavy atom. The highest BCUT2D eigenvalue weighted by molar-refractivity contribution is 14.1. The van der Waals surface area contributed by atoms with E-state index in [4.69, 9.17) is 4.74 Å². The SMILES string of the molecule is Cc1ccc(/C(C#N)=C\c2cc(I)c(OCc3ccccc3C#N)c(I)c2)cc1. The van der Waals surface area contributed by atoms with Crippen LogP contribution < -0.4 is 4.74 Å². The summed E-state index contributed by atoms with van der Waals surface area (Å²) in [6.45, 7) is 2.36. The molecule has 5 heteroatoms. The van der Waals surface area contributed by atoms with E-state index in [2.05, 4.69) is 57.3 Å². The predicted octanol–water partition coefficient (Wildman–Crippen LogP) is 6.72. The van der Waals surface area contributed by atoms with Gasteiger partial charge in [-0.1, -0.05) is 48.0 Å². The molecule has 3 nitrogen and oxygen atoms in total. The highest BCUT2D eigenvalue weighted by Crippen LogP contribution is 2.31. The number of hydrogen-bond acceptors (Lipinski definition) is 3. The third-order valence-electron chi connectivity index (χ3n) is 4.32. The van der Waals surface area contributed by atoms with Crippen LogP contribution in [0.25, 0.3) is 11.6 Å². The fourth-order valence-corrected chi connectivity index (χ4v) is 4.91. The van der Waals surface area contributed by atoms with Crippen molar-refractivity contribution < 1.29 is 4.74 Å². The fraction of sp³-hybridized carbons (Fsp3) is 0.0833. The van der Waals surface area contributed by atoms with Crippen LogP contribution in [0.1, 0.15) is 27.8 Å². The van der Waals surface area contributed by atoms with E-state index < -0.39 is 0 Å². The van der Waals surface area contributed by atoms with Crippen LogP contribution in [0.4, 0.5) is 0 Å². The van der Waals surface area contributed by atoms with Crippen LogP contribution in [-0.4, -0.2) is 0 Å². The Balaban J connectivity index is 1.86. The molecule has 3 aromatic rings. The summed E-state index contributed by atoms with van der Waals surface area (Å²) in [6.07, 6.45) is 1.89. The summed E-state index contributed by atoms with van der Waals surface area (Å²) in [7, 11) is 0. The number of halogens is 2. The molecule has 0 spiro atoms. The zero-order chi connectivity index (χ0) is 20.8. The molecular formula is C24H16I2N2O. The lowest BCUT2D eigenvalue weighted by Gasteiger charge is -2.12. The molecule has 0 unspecified atom stereocenters. The van der Waals surface area contributed by atoms with Gasteiger partial charge in [-0.3, -0.25) is 0 Å². The maximum Gasteiger partial charge on any atom is 0.146 e. The molecule has 0 saturated heterocycles. The first-order chi connectivity index (χ1) is 14.0. The second kappa shape index (κ2) is 9.91. The molecule has 0 amide bonds. The van der Waals surface area contributed by atoms with Crippen molar-refractivity contribution in [1.82, 2.24) is 0 Å². The first kappa shape index (κ1) is 21.4. The second-order valence-corrected chi connectivity index (χ2v) is 8.73. The lowest BCUT2D eigenvalue weighted by molar-refractivity contribution is 0.301. The van der Waals surface area contributed by atoms with Crippen molar-refractivity contribution in [2.24, 2.45) is 0 Å². The number of nitriles is 2. The first-order valence-electron chi connectivity index (χ1n) is 8.80. The van der Waals surface area contributed by atoms with Gasteiger partial charge >= 0.3 is 0 Å². The second-order valence-electron chi connectivity index (χ2n) is 6.41. The molecule has 0 aromatic heterocycles. The van der Waals surface area contributed by atoms with Crippen molar-refractivity contribution in [2.45, 2.75) is 13.5 Å². The summed E-state index contributed by atoms with van der Waals surface area (Å²) in [5, 5.41) is 18.8. The van der Waals surface area contributed by atoms with Crippen LogP contribution in [0.2, 0.25) is 0 Å². The van der Waals surface area contributed by atoms with Crippen molar-refractivity contribution >= 4 is 56.8 Å². The van der Waals surface area contributed by atoms with Crippen molar-refractivity contribution in [3.05, 3.63) is 95.6 Å². The summed E-state index contributed by atoms with van der Waals surface area (Å²) in [6, 6.07) is 23.9. The molecule has 3 aromatic carbocycles. The van der Waals surface area contributed by atoms with E-state index in [0.29, 0.717) is 17.7 Å². The Labute approximate surface area is 197 Å². The van der Waals surface area contributed by atoms with Gasteiger partial charge in [0.25, 0.3) is 0 Å². The predicted molar refractivity (Wildman–Crippen MR) is 132 cm³/mol. The van der Waals surface area contributed by atoms with Gasteiger partial charge in [-0.25, -0.2) is 0 Å². The van der Waals surface area contributed by atoms with E-state index >= 15 is 0 Å². The van der Waals surface area contributed by atoms with E-state index in [9.17, 15) is 10.5 Å². The molecule has 0 atom stereocenters. The molecule has 0 bridgehead atoms. The minimum Gasteiger partial charge on any atom is -0.487 e. The van der Waals surface area contributed by atoms with Crippen LogP contribution >= 0.6 is 45.2 Å². The number of hydrogen-bond donors (Lipinski definition) is 0. The summed E-state index contributed by atoms with van der Waals surface area (Å²) < 4.78 is 7.94. The molecule has 0 saturated carbocycles. The Bertz CT molecular complexity index is 1130. The monoisotopic (exact) mass is 602 g/mol. The van der Waals surface area contributed by atoms with Crippen molar-refractivity contribution in [2.75, 3.05) is 0 Å². The summed E-state index contributed by atoms with van der Waals surface area (Å²) in [5.41, 5.74) is 5.10. The molecule has 0 fully saturated rings. The Kier molecular flexibility index (Phi) is 7.29. The Morgan fingerprint density at radius 1 is 1.00 bits per heavy atom. The van der Waals surface area contributed by atoms with Gasteiger partial charge in [-0.05, 0) is 87.5 Å². The third-order valence-corrected chi connectivity index (χ3v) is 5.93. The van der Waals surface area contributed by atoms with Crippen molar-refractivity contribution in [3.8, 4) is 17.9 Å². The largest absolute Gasteiger partial charge is 0.487 e. The highest BCUT2D eigenvalue weighted by atomic mass is 127. The minimum atomic E-state index is 0.331. The Hall–Kier alpha value is -2.36. The molecular weight excluding hydrogens is 586 g/mol. The number of rotatable bonds is 5. The van der Waals surface area contributed by atoms with Gasteiger partial charge in [0, 0.05) is 5.56 Å². The number of benzene rings is 3. The van der Waals surface area contributed by atoms with Crippen LogP contribution in [0.5, 0.6) is 5.75 Å². The molecule has 0 heterocycles. The lowest BCUT2D eigenvalue weighted by atomic mass is 10.0. The van der Waals surface area contributed by atoms with E-state index in [1.54, 1.807) is 6.07 Å². The third kappa shape index (κ3) is 5.37. The van der Waals surface area contributed by atoms with Gasteiger partial charge in [0.15, 0.2) is 0 Å². The minimum absolute atomic E-state index is 0.331. The number of nitrogens with zero attached hydrogens (tertiary/aromatic N) is 2. The van der Waals surface area contributed by atoms with Gasteiger partial charge < -0.3 is 4.74 Å². The van der Waals surface area contributed by atoms with Gasteiger partial charge in [0.2, 0.25) is 0 Å². The molecule has 0 aliphatic rings. The smallest absolute Gasteiger partial charge is 0.146 e. The van der Waals surface area contributed by atoms with Gasteiger partial charge in [0.05, 0.1) is 30.4 Å². The van der Waals surface area contributed by atoms with Crippen LogP contribution in [0.3, 0.4) is 0 Å². The van der Waals surface area contributed by atoms with Crippen molar-refractivity contribution in [3.63, 3.8) is 0 Å². The van der Waals surface area contributed by atoms with Crippen LogP contribution in [0.15, 0.2) is 60.7 Å². The molecule has 0 N–H and O–H groups in total. The lowest BCUT2D eigenvalue weighted by Crippen LogP contribution is -2.01. The number of allylic oxidation sites excluding steroid dienone is 1. The Morgan fingerprint density at radius 2 is 1.66 bits per heavy atom. The van der Waals surface area contributed by atoms with Crippen molar-refractivity contribution in [1.29, 1.82) is 10.5 Å². The average Bonchev–Trinajstić information content (AvgIpc) is 2.72. The van der Waals surface area contributed by atoms with E-state index in [1.165, 1.54) is 0 Å². The zero-order valence-electron chi connectivity index (χ0n) is 15.6. The standard InChI is InChI=1S/C24H16I2N2O/c1-16-6-8-18(9-7-16)21(14-28)10-17-11-22(25)24(23(26)12-17)29-15-20-5-3-2-4-19(20)13-27/h2-12H,15H2,1H3/b21-10-. The number of aryl methyl sites for hydroxylation is 1. The molecule has 142 valence electrons. The molecule has 29 heavy (non-hydrogen) atoms. The first-order valence-corrected chi connectivity index (χ1v) is 11.0. The molecule has 0 aliphatic carbocycles. The topological polar surface area (TPSA) is 56.8 Å².